The van der Waals surface area contributed by atoms with Gasteiger partial charge in [0.15, 0.2) is 0 Å². The minimum absolute atomic E-state index is 0.132. The number of phenols is 1. The van der Waals surface area contributed by atoms with Gasteiger partial charge in [0.2, 0.25) is 5.91 Å². The molecular formula is C27H39NO4. The van der Waals surface area contributed by atoms with E-state index in [1.165, 1.54) is 0 Å². The van der Waals surface area contributed by atoms with Gasteiger partial charge in [0, 0.05) is 24.6 Å². The number of ether oxygens (including phenoxy) is 1. The van der Waals surface area contributed by atoms with Crippen molar-refractivity contribution in [2.45, 2.75) is 83.5 Å². The summed E-state index contributed by atoms with van der Waals surface area (Å²) in [5.41, 5.74) is 0.841. The Bertz CT molecular complexity index is 772. The van der Waals surface area contributed by atoms with Gasteiger partial charge in [0.1, 0.15) is 5.75 Å². The first kappa shape index (κ1) is 24.5. The highest BCUT2D eigenvalue weighted by Crippen LogP contribution is 2.45. The Hall–Kier alpha value is -2.11. The maximum Gasteiger partial charge on any atom is 0.226 e. The molecule has 1 aromatic rings. The highest BCUT2D eigenvalue weighted by Gasteiger charge is 2.46. The summed E-state index contributed by atoms with van der Waals surface area (Å²) in [6.07, 6.45) is 16.0. The molecule has 2 bridgehead atoms. The molecule has 176 valence electrons. The van der Waals surface area contributed by atoms with Crippen molar-refractivity contribution >= 4 is 11.6 Å². The summed E-state index contributed by atoms with van der Waals surface area (Å²) in [4.78, 5) is 14.6. The van der Waals surface area contributed by atoms with Gasteiger partial charge in [-0.2, -0.15) is 0 Å². The fourth-order valence-electron chi connectivity index (χ4n) is 4.91. The van der Waals surface area contributed by atoms with Gasteiger partial charge in [0.25, 0.3) is 0 Å². The van der Waals surface area contributed by atoms with Gasteiger partial charge < -0.3 is 19.8 Å². The van der Waals surface area contributed by atoms with Gasteiger partial charge in [-0.25, -0.2) is 0 Å². The van der Waals surface area contributed by atoms with Crippen LogP contribution in [0.25, 0.3) is 0 Å². The summed E-state index contributed by atoms with van der Waals surface area (Å²) in [6.45, 7) is 4.74. The number of carbonyl (C=O) groups excluding carboxylic acids is 1. The van der Waals surface area contributed by atoms with E-state index in [1.807, 2.05) is 17.9 Å². The lowest BCUT2D eigenvalue weighted by Gasteiger charge is -2.25. The van der Waals surface area contributed by atoms with Crippen molar-refractivity contribution in [2.75, 3.05) is 11.4 Å². The standard InChI is InChI=1S/C27H39NO4/c1-3-19-28(20-11-13-22(30)14-12-20)27(31)10-8-6-5-7-9-23-24(16-15-21(29)4-2)26-18-17-25(23)32-26/h5,7,11-16,21,23-26,29-30H,3-4,6,8-10,17-19H2,1-2H3/t21?,23-,24+,25-,26+/m0/s1. The van der Waals surface area contributed by atoms with Crippen molar-refractivity contribution in [3.05, 3.63) is 48.6 Å². The van der Waals surface area contributed by atoms with Crippen LogP contribution in [0.1, 0.15) is 65.2 Å². The predicted octanol–water partition coefficient (Wildman–Crippen LogP) is 5.37. The molecule has 2 N–H and O–H groups in total. The minimum Gasteiger partial charge on any atom is -0.508 e. The van der Waals surface area contributed by atoms with E-state index in [4.69, 9.17) is 4.74 Å². The number of aliphatic hydroxyl groups is 1. The normalized spacial score (nSPS) is 25.7. The average Bonchev–Trinajstić information content (AvgIpc) is 3.40. The molecule has 1 amide bonds. The number of hydrogen-bond acceptors (Lipinski definition) is 4. The molecular weight excluding hydrogens is 402 g/mol. The molecule has 1 unspecified atom stereocenters. The third kappa shape index (κ3) is 6.46. The number of hydrogen-bond donors (Lipinski definition) is 2. The Morgan fingerprint density at radius 3 is 2.66 bits per heavy atom. The van der Waals surface area contributed by atoms with E-state index in [0.29, 0.717) is 37.0 Å². The zero-order valence-corrected chi connectivity index (χ0v) is 19.5. The molecule has 32 heavy (non-hydrogen) atoms. The van der Waals surface area contributed by atoms with Crippen LogP contribution in [-0.4, -0.2) is 41.0 Å². The molecule has 2 fully saturated rings. The van der Waals surface area contributed by atoms with E-state index in [1.54, 1.807) is 24.3 Å². The van der Waals surface area contributed by atoms with E-state index in [2.05, 4.69) is 25.2 Å². The molecule has 0 aliphatic carbocycles. The van der Waals surface area contributed by atoms with Crippen LogP contribution in [0.2, 0.25) is 0 Å². The zero-order chi connectivity index (χ0) is 22.9. The molecule has 0 aromatic heterocycles. The summed E-state index contributed by atoms with van der Waals surface area (Å²) in [5, 5.41) is 19.4. The molecule has 5 atom stereocenters. The molecule has 2 saturated heterocycles. The summed E-state index contributed by atoms with van der Waals surface area (Å²) in [7, 11) is 0. The Morgan fingerprint density at radius 1 is 1.19 bits per heavy atom. The Kier molecular flexibility index (Phi) is 9.36. The number of aliphatic hydroxyl groups excluding tert-OH is 1. The van der Waals surface area contributed by atoms with E-state index in [-0.39, 0.29) is 17.8 Å². The number of aromatic hydroxyl groups is 1. The Morgan fingerprint density at radius 2 is 1.94 bits per heavy atom. The molecule has 3 rings (SSSR count). The average molecular weight is 442 g/mol. The van der Waals surface area contributed by atoms with Crippen molar-refractivity contribution in [1.82, 2.24) is 0 Å². The second-order valence-corrected chi connectivity index (χ2v) is 9.05. The lowest BCUT2D eigenvalue weighted by Crippen LogP contribution is -2.31. The number of benzene rings is 1. The third-order valence-electron chi connectivity index (χ3n) is 6.71. The lowest BCUT2D eigenvalue weighted by atomic mass is 9.77. The van der Waals surface area contributed by atoms with E-state index >= 15 is 0 Å². The Labute approximate surface area is 192 Å². The quantitative estimate of drug-likeness (QED) is 0.338. The van der Waals surface area contributed by atoms with Crippen molar-refractivity contribution in [3.63, 3.8) is 0 Å². The van der Waals surface area contributed by atoms with Gasteiger partial charge in [-0.3, -0.25) is 4.79 Å². The van der Waals surface area contributed by atoms with Crippen LogP contribution in [-0.2, 0) is 9.53 Å². The summed E-state index contributed by atoms with van der Waals surface area (Å²) >= 11 is 0. The summed E-state index contributed by atoms with van der Waals surface area (Å²) in [5.74, 6) is 1.23. The van der Waals surface area contributed by atoms with Crippen molar-refractivity contribution in [2.24, 2.45) is 11.8 Å². The lowest BCUT2D eigenvalue weighted by molar-refractivity contribution is -0.118. The van der Waals surface area contributed by atoms with Crippen molar-refractivity contribution in [3.8, 4) is 5.75 Å². The molecule has 5 nitrogen and oxygen atoms in total. The number of allylic oxidation sites excluding steroid dienone is 2. The third-order valence-corrected chi connectivity index (χ3v) is 6.71. The maximum atomic E-state index is 12.7. The van der Waals surface area contributed by atoms with Gasteiger partial charge in [-0.15, -0.1) is 0 Å². The minimum atomic E-state index is -0.364. The maximum absolute atomic E-state index is 12.7. The van der Waals surface area contributed by atoms with E-state index in [9.17, 15) is 15.0 Å². The monoisotopic (exact) mass is 441 g/mol. The number of amides is 1. The molecule has 5 heteroatoms. The summed E-state index contributed by atoms with van der Waals surface area (Å²) in [6, 6.07) is 6.84. The van der Waals surface area contributed by atoms with Crippen LogP contribution in [0.3, 0.4) is 0 Å². The second kappa shape index (κ2) is 12.2. The van der Waals surface area contributed by atoms with Gasteiger partial charge in [0.05, 0.1) is 18.3 Å². The molecule has 0 saturated carbocycles. The van der Waals surface area contributed by atoms with Gasteiger partial charge >= 0.3 is 0 Å². The molecule has 2 aliphatic heterocycles. The number of nitrogens with zero attached hydrogens (tertiary/aromatic N) is 1. The number of rotatable bonds is 12. The molecule has 2 aliphatic rings. The van der Waals surface area contributed by atoms with Crippen LogP contribution in [0.4, 0.5) is 5.69 Å². The topological polar surface area (TPSA) is 70.0 Å². The van der Waals surface area contributed by atoms with E-state index < -0.39 is 0 Å². The molecule has 0 radical (unpaired) electrons. The predicted molar refractivity (Wildman–Crippen MR) is 129 cm³/mol. The fraction of sp³-hybridized carbons (Fsp3) is 0.593. The number of phenolic OH excluding ortho intramolecular Hbond substituents is 1. The smallest absolute Gasteiger partial charge is 0.226 e. The zero-order valence-electron chi connectivity index (χ0n) is 19.5. The molecule has 2 heterocycles. The Balaban J connectivity index is 1.44. The SMILES string of the molecule is CCCN(C(=O)CCCC=CC[C@H]1[C@@H](C=CC(O)CC)[C@H]2CC[C@@H]1O2)c1ccc(O)cc1. The number of anilines is 1. The largest absolute Gasteiger partial charge is 0.508 e. The van der Waals surface area contributed by atoms with Crippen LogP contribution < -0.4 is 4.90 Å². The number of carbonyl (C=O) groups is 1. The fourth-order valence-corrected chi connectivity index (χ4v) is 4.91. The van der Waals surface area contributed by atoms with Gasteiger partial charge in [-0.05, 0) is 75.1 Å². The molecule has 1 aromatic carbocycles. The first-order valence-corrected chi connectivity index (χ1v) is 12.3. The molecule has 0 spiro atoms. The van der Waals surface area contributed by atoms with Gasteiger partial charge in [-0.1, -0.05) is 38.2 Å². The second-order valence-electron chi connectivity index (χ2n) is 9.05. The van der Waals surface area contributed by atoms with Crippen LogP contribution in [0.15, 0.2) is 48.6 Å². The van der Waals surface area contributed by atoms with Crippen molar-refractivity contribution in [1.29, 1.82) is 0 Å². The number of fused-ring (bicyclic) bond motifs is 2. The summed E-state index contributed by atoms with van der Waals surface area (Å²) < 4.78 is 6.14. The van der Waals surface area contributed by atoms with Crippen molar-refractivity contribution < 1.29 is 19.7 Å². The van der Waals surface area contributed by atoms with Crippen LogP contribution >= 0.6 is 0 Å². The van der Waals surface area contributed by atoms with Crippen LogP contribution in [0.5, 0.6) is 5.75 Å². The first-order valence-electron chi connectivity index (χ1n) is 12.3. The van der Waals surface area contributed by atoms with Crippen LogP contribution in [0, 0.1) is 11.8 Å². The highest BCUT2D eigenvalue weighted by atomic mass is 16.5. The number of unbranched alkanes of at least 4 members (excludes halogenated alkanes) is 1. The first-order chi connectivity index (χ1) is 15.5. The van der Waals surface area contributed by atoms with E-state index in [0.717, 1.165) is 50.6 Å². The highest BCUT2D eigenvalue weighted by molar-refractivity contribution is 5.93.